The van der Waals surface area contributed by atoms with Crippen molar-refractivity contribution in [2.45, 2.75) is 64.3 Å². The Kier molecular flexibility index (Phi) is 11.7. The SMILES string of the molecule is CCC(=O)N1CCC(NC(=NC)NCCNC(=O)CC2CCCCC2)C1.I. The van der Waals surface area contributed by atoms with Crippen molar-refractivity contribution in [3.63, 3.8) is 0 Å². The van der Waals surface area contributed by atoms with Gasteiger partial charge < -0.3 is 20.9 Å². The minimum absolute atomic E-state index is 0. The summed E-state index contributed by atoms with van der Waals surface area (Å²) in [6.07, 6.45) is 8.40. The third-order valence-electron chi connectivity index (χ3n) is 5.35. The Balaban J connectivity index is 0.00000364. The van der Waals surface area contributed by atoms with Crippen LogP contribution in [0.3, 0.4) is 0 Å². The minimum Gasteiger partial charge on any atom is -0.355 e. The molecule has 0 aromatic carbocycles. The van der Waals surface area contributed by atoms with Crippen molar-refractivity contribution >= 4 is 41.8 Å². The molecule has 2 aliphatic rings. The molecule has 2 fully saturated rings. The van der Waals surface area contributed by atoms with Gasteiger partial charge in [-0.15, -0.1) is 24.0 Å². The maximum atomic E-state index is 12.0. The second-order valence-corrected chi connectivity index (χ2v) is 7.38. The summed E-state index contributed by atoms with van der Waals surface area (Å²) in [5.74, 6) is 1.66. The Hall–Kier alpha value is -1.06. The fraction of sp³-hybridized carbons (Fsp3) is 0.842. The van der Waals surface area contributed by atoms with Crippen LogP contribution in [-0.4, -0.2) is 61.9 Å². The van der Waals surface area contributed by atoms with Crippen LogP contribution >= 0.6 is 24.0 Å². The molecule has 0 bridgehead atoms. The Morgan fingerprint density at radius 1 is 1.07 bits per heavy atom. The number of hydrogen-bond acceptors (Lipinski definition) is 3. The summed E-state index contributed by atoms with van der Waals surface area (Å²) in [6, 6.07) is 0.234. The zero-order chi connectivity index (χ0) is 18.8. The maximum absolute atomic E-state index is 12.0. The van der Waals surface area contributed by atoms with Gasteiger partial charge in [0.25, 0.3) is 0 Å². The van der Waals surface area contributed by atoms with Gasteiger partial charge in [0, 0.05) is 52.1 Å². The van der Waals surface area contributed by atoms with Crippen molar-refractivity contribution in [2.75, 3.05) is 33.2 Å². The molecular formula is C19H36IN5O2. The molecule has 0 aromatic rings. The standard InChI is InChI=1S/C19H35N5O2.HI/c1-3-18(26)24-12-9-16(14-24)23-19(20-2)22-11-10-21-17(25)13-15-7-5-4-6-8-15;/h15-16H,3-14H2,1-2H3,(H,21,25)(H2,20,22,23);1H. The van der Waals surface area contributed by atoms with E-state index in [1.165, 1.54) is 32.1 Å². The van der Waals surface area contributed by atoms with Crippen molar-refractivity contribution < 1.29 is 9.59 Å². The average molecular weight is 493 g/mol. The van der Waals surface area contributed by atoms with E-state index in [1.807, 2.05) is 11.8 Å². The highest BCUT2D eigenvalue weighted by molar-refractivity contribution is 14.0. The lowest BCUT2D eigenvalue weighted by molar-refractivity contribution is -0.129. The molecule has 3 N–H and O–H groups in total. The molecule has 1 saturated carbocycles. The molecule has 2 rings (SSSR count). The van der Waals surface area contributed by atoms with Crippen molar-refractivity contribution in [1.29, 1.82) is 0 Å². The number of likely N-dealkylation sites (tertiary alicyclic amines) is 1. The Labute approximate surface area is 180 Å². The van der Waals surface area contributed by atoms with Crippen LogP contribution in [0.2, 0.25) is 0 Å². The molecule has 156 valence electrons. The number of guanidine groups is 1. The summed E-state index contributed by atoms with van der Waals surface area (Å²) in [5, 5.41) is 9.59. The van der Waals surface area contributed by atoms with Crippen LogP contribution in [0.25, 0.3) is 0 Å². The number of amides is 2. The summed E-state index contributed by atoms with van der Waals surface area (Å²) in [7, 11) is 1.74. The van der Waals surface area contributed by atoms with Gasteiger partial charge in [0.1, 0.15) is 0 Å². The highest BCUT2D eigenvalue weighted by atomic mass is 127. The number of nitrogens with zero attached hydrogens (tertiary/aromatic N) is 2. The molecule has 1 aliphatic carbocycles. The van der Waals surface area contributed by atoms with Gasteiger partial charge in [-0.05, 0) is 25.2 Å². The largest absolute Gasteiger partial charge is 0.355 e. The van der Waals surface area contributed by atoms with Gasteiger partial charge in [0.15, 0.2) is 5.96 Å². The van der Waals surface area contributed by atoms with Gasteiger partial charge in [0.2, 0.25) is 11.8 Å². The van der Waals surface area contributed by atoms with Crippen LogP contribution in [-0.2, 0) is 9.59 Å². The molecule has 1 saturated heterocycles. The monoisotopic (exact) mass is 493 g/mol. The van der Waals surface area contributed by atoms with Gasteiger partial charge >= 0.3 is 0 Å². The molecule has 0 aromatic heterocycles. The second kappa shape index (κ2) is 13.2. The molecule has 27 heavy (non-hydrogen) atoms. The normalized spacial score (nSPS) is 20.7. The highest BCUT2D eigenvalue weighted by Gasteiger charge is 2.25. The minimum atomic E-state index is 0. The zero-order valence-electron chi connectivity index (χ0n) is 16.8. The van der Waals surface area contributed by atoms with Crippen LogP contribution in [0.4, 0.5) is 0 Å². The predicted molar refractivity (Wildman–Crippen MR) is 119 cm³/mol. The first-order valence-corrected chi connectivity index (χ1v) is 10.1. The maximum Gasteiger partial charge on any atom is 0.222 e. The first-order valence-electron chi connectivity index (χ1n) is 10.1. The summed E-state index contributed by atoms with van der Waals surface area (Å²) in [6.45, 7) is 4.66. The van der Waals surface area contributed by atoms with Crippen LogP contribution in [0, 0.1) is 5.92 Å². The van der Waals surface area contributed by atoms with Crippen LogP contribution in [0.1, 0.15) is 58.3 Å². The van der Waals surface area contributed by atoms with Crippen LogP contribution in [0.15, 0.2) is 4.99 Å². The molecule has 1 aliphatic heterocycles. The summed E-state index contributed by atoms with van der Waals surface area (Å²) in [4.78, 5) is 29.9. The Bertz CT molecular complexity index is 494. The van der Waals surface area contributed by atoms with Crippen molar-refractivity contribution in [1.82, 2.24) is 20.9 Å². The summed E-state index contributed by atoms with van der Waals surface area (Å²) >= 11 is 0. The number of hydrogen-bond donors (Lipinski definition) is 3. The number of carbonyl (C=O) groups is 2. The lowest BCUT2D eigenvalue weighted by atomic mass is 9.87. The lowest BCUT2D eigenvalue weighted by Gasteiger charge is -2.21. The summed E-state index contributed by atoms with van der Waals surface area (Å²) in [5.41, 5.74) is 0. The lowest BCUT2D eigenvalue weighted by Crippen LogP contribution is -2.46. The second-order valence-electron chi connectivity index (χ2n) is 7.38. The van der Waals surface area contributed by atoms with Gasteiger partial charge in [-0.1, -0.05) is 26.2 Å². The highest BCUT2D eigenvalue weighted by Crippen LogP contribution is 2.25. The van der Waals surface area contributed by atoms with Crippen molar-refractivity contribution in [3.8, 4) is 0 Å². The number of halogens is 1. The molecule has 1 unspecified atom stereocenters. The fourth-order valence-corrected chi connectivity index (χ4v) is 3.82. The predicted octanol–water partition coefficient (Wildman–Crippen LogP) is 1.87. The zero-order valence-corrected chi connectivity index (χ0v) is 19.1. The quantitative estimate of drug-likeness (QED) is 0.219. The molecule has 1 heterocycles. The first-order chi connectivity index (χ1) is 12.6. The van der Waals surface area contributed by atoms with E-state index < -0.39 is 0 Å². The smallest absolute Gasteiger partial charge is 0.222 e. The fourth-order valence-electron chi connectivity index (χ4n) is 3.82. The number of rotatable bonds is 7. The molecule has 0 radical (unpaired) electrons. The van der Waals surface area contributed by atoms with E-state index in [-0.39, 0.29) is 41.8 Å². The van der Waals surface area contributed by atoms with Crippen molar-refractivity contribution in [2.24, 2.45) is 10.9 Å². The van der Waals surface area contributed by atoms with Gasteiger partial charge in [0.05, 0.1) is 0 Å². The summed E-state index contributed by atoms with van der Waals surface area (Å²) < 4.78 is 0. The van der Waals surface area contributed by atoms with E-state index >= 15 is 0 Å². The van der Waals surface area contributed by atoms with E-state index in [9.17, 15) is 9.59 Å². The van der Waals surface area contributed by atoms with E-state index in [4.69, 9.17) is 0 Å². The molecule has 1 atom stereocenters. The van der Waals surface area contributed by atoms with E-state index in [1.54, 1.807) is 7.05 Å². The van der Waals surface area contributed by atoms with Gasteiger partial charge in [-0.25, -0.2) is 0 Å². The third-order valence-corrected chi connectivity index (χ3v) is 5.35. The van der Waals surface area contributed by atoms with E-state index in [2.05, 4.69) is 20.9 Å². The van der Waals surface area contributed by atoms with Gasteiger partial charge in [-0.3, -0.25) is 14.6 Å². The number of aliphatic imine (C=N–C) groups is 1. The Morgan fingerprint density at radius 2 is 1.78 bits per heavy atom. The van der Waals surface area contributed by atoms with Gasteiger partial charge in [-0.2, -0.15) is 0 Å². The average Bonchev–Trinajstić information content (AvgIpc) is 3.13. The van der Waals surface area contributed by atoms with Crippen LogP contribution < -0.4 is 16.0 Å². The number of nitrogens with one attached hydrogen (secondary N) is 3. The Morgan fingerprint density at radius 3 is 2.44 bits per heavy atom. The molecule has 8 heteroatoms. The van der Waals surface area contributed by atoms with E-state index in [0.29, 0.717) is 31.8 Å². The molecular weight excluding hydrogens is 457 g/mol. The topological polar surface area (TPSA) is 85.8 Å². The molecule has 7 nitrogen and oxygen atoms in total. The van der Waals surface area contributed by atoms with Crippen LogP contribution in [0.5, 0.6) is 0 Å². The molecule has 2 amide bonds. The third kappa shape index (κ3) is 8.66. The first kappa shape index (κ1) is 24.0. The molecule has 0 spiro atoms. The van der Waals surface area contributed by atoms with E-state index in [0.717, 1.165) is 25.5 Å². The van der Waals surface area contributed by atoms with Crippen molar-refractivity contribution in [3.05, 3.63) is 0 Å². The number of carbonyl (C=O) groups excluding carboxylic acids is 2.